The van der Waals surface area contributed by atoms with Gasteiger partial charge in [0.25, 0.3) is 0 Å². The number of ether oxygens (including phenoxy) is 3. The van der Waals surface area contributed by atoms with Crippen LogP contribution >= 0.6 is 7.75 Å². The van der Waals surface area contributed by atoms with Crippen molar-refractivity contribution in [2.75, 3.05) is 25.6 Å². The topological polar surface area (TPSA) is 173 Å². The molecule has 36 heavy (non-hydrogen) atoms. The molecule has 1 fully saturated rings. The van der Waals surface area contributed by atoms with Crippen molar-refractivity contribution < 1.29 is 33.0 Å². The third kappa shape index (κ3) is 6.71. The summed E-state index contributed by atoms with van der Waals surface area (Å²) >= 11 is 0. The van der Waals surface area contributed by atoms with Gasteiger partial charge in [0.05, 0.1) is 31.1 Å². The van der Waals surface area contributed by atoms with E-state index in [0.717, 1.165) is 0 Å². The number of nitrogens with two attached hydrogens (primary N) is 1. The lowest BCUT2D eigenvalue weighted by molar-refractivity contribution is -0.153. The molecule has 0 aromatic carbocycles. The SMILES string of the molecule is CCOc1nc(N)nc2c1ncn2[C@@H]1O[C@H](COP(=O)(O)N[C@@H](C)COC(=O)C(C)(C)C)CC1(C)C. The molecule has 202 valence electrons. The first-order valence-electron chi connectivity index (χ1n) is 11.8. The fourth-order valence-corrected chi connectivity index (χ4v) is 4.99. The average molecular weight is 529 g/mol. The molecule has 1 saturated heterocycles. The molecule has 0 spiro atoms. The fraction of sp³-hybridized carbons (Fsp3) is 0.727. The molecule has 0 amide bonds. The third-order valence-electron chi connectivity index (χ3n) is 5.58. The molecule has 13 nitrogen and oxygen atoms in total. The van der Waals surface area contributed by atoms with Gasteiger partial charge in [0.2, 0.25) is 11.8 Å². The zero-order valence-corrected chi connectivity index (χ0v) is 22.7. The number of nitrogen functional groups attached to an aromatic ring is 1. The van der Waals surface area contributed by atoms with Crippen LogP contribution in [0, 0.1) is 10.8 Å². The minimum atomic E-state index is -4.18. The van der Waals surface area contributed by atoms with Crippen molar-refractivity contribution in [2.45, 2.75) is 73.3 Å². The van der Waals surface area contributed by atoms with Gasteiger partial charge in [-0.15, -0.1) is 0 Å². The van der Waals surface area contributed by atoms with Gasteiger partial charge < -0.3 is 24.8 Å². The van der Waals surface area contributed by atoms with E-state index in [1.54, 1.807) is 38.6 Å². The van der Waals surface area contributed by atoms with Crippen LogP contribution in [0.3, 0.4) is 0 Å². The van der Waals surface area contributed by atoms with E-state index in [0.29, 0.717) is 30.1 Å². The van der Waals surface area contributed by atoms with Crippen LogP contribution in [0.2, 0.25) is 0 Å². The number of hydrogen-bond acceptors (Lipinski definition) is 10. The fourth-order valence-electron chi connectivity index (χ4n) is 3.91. The Hall–Kier alpha value is -2.31. The van der Waals surface area contributed by atoms with E-state index in [1.165, 1.54) is 0 Å². The Balaban J connectivity index is 1.63. The van der Waals surface area contributed by atoms with Gasteiger partial charge in [-0.1, -0.05) is 13.8 Å². The van der Waals surface area contributed by atoms with Gasteiger partial charge in [-0.25, -0.2) is 14.6 Å². The van der Waals surface area contributed by atoms with E-state index >= 15 is 0 Å². The Morgan fingerprint density at radius 1 is 1.42 bits per heavy atom. The number of nitrogens with zero attached hydrogens (tertiary/aromatic N) is 4. The minimum absolute atomic E-state index is 0.0537. The van der Waals surface area contributed by atoms with Gasteiger partial charge in [0.1, 0.15) is 12.8 Å². The lowest BCUT2D eigenvalue weighted by Gasteiger charge is -2.26. The highest BCUT2D eigenvalue weighted by Crippen LogP contribution is 2.47. The first-order chi connectivity index (χ1) is 16.6. The number of nitrogens with one attached hydrogen (secondary N) is 1. The number of carbonyl (C=O) groups is 1. The van der Waals surface area contributed by atoms with Gasteiger partial charge in [0, 0.05) is 11.5 Å². The second kappa shape index (κ2) is 10.6. The number of hydrogen-bond donors (Lipinski definition) is 3. The van der Waals surface area contributed by atoms with Crippen LogP contribution in [0.1, 0.15) is 61.1 Å². The molecule has 1 unspecified atom stereocenters. The normalized spacial score (nSPS) is 22.3. The van der Waals surface area contributed by atoms with Gasteiger partial charge in [-0.05, 0) is 41.0 Å². The summed E-state index contributed by atoms with van der Waals surface area (Å²) in [4.78, 5) is 35.0. The predicted octanol–water partition coefficient (Wildman–Crippen LogP) is 2.81. The van der Waals surface area contributed by atoms with E-state index in [4.69, 9.17) is 24.5 Å². The molecule has 0 aliphatic carbocycles. The number of carbonyl (C=O) groups excluding carboxylic acids is 1. The maximum Gasteiger partial charge on any atom is 0.403 e. The summed E-state index contributed by atoms with van der Waals surface area (Å²) in [6.45, 7) is 12.9. The lowest BCUT2D eigenvalue weighted by atomic mass is 9.87. The molecular formula is C22H37N6O7P. The number of rotatable bonds is 10. The molecular weight excluding hydrogens is 491 g/mol. The molecule has 3 heterocycles. The van der Waals surface area contributed by atoms with Gasteiger partial charge in [-0.3, -0.25) is 13.9 Å². The number of esters is 1. The zero-order chi connectivity index (χ0) is 26.9. The number of imidazole rings is 1. The van der Waals surface area contributed by atoms with Crippen molar-refractivity contribution in [1.29, 1.82) is 0 Å². The predicted molar refractivity (Wildman–Crippen MR) is 132 cm³/mol. The van der Waals surface area contributed by atoms with Crippen molar-refractivity contribution in [3.8, 4) is 5.88 Å². The van der Waals surface area contributed by atoms with E-state index in [-0.39, 0.29) is 24.6 Å². The van der Waals surface area contributed by atoms with Crippen molar-refractivity contribution in [2.24, 2.45) is 10.8 Å². The smallest absolute Gasteiger partial charge is 0.403 e. The highest BCUT2D eigenvalue weighted by molar-refractivity contribution is 7.50. The number of anilines is 1. The van der Waals surface area contributed by atoms with Gasteiger partial charge in [-0.2, -0.15) is 9.97 Å². The summed E-state index contributed by atoms with van der Waals surface area (Å²) < 4.78 is 36.6. The van der Waals surface area contributed by atoms with Gasteiger partial charge >= 0.3 is 13.7 Å². The van der Waals surface area contributed by atoms with E-state index in [9.17, 15) is 14.3 Å². The highest BCUT2D eigenvalue weighted by atomic mass is 31.2. The highest BCUT2D eigenvalue weighted by Gasteiger charge is 2.44. The second-order valence-electron chi connectivity index (χ2n) is 10.6. The van der Waals surface area contributed by atoms with E-state index in [1.807, 2.05) is 20.8 Å². The van der Waals surface area contributed by atoms with Gasteiger partial charge in [0.15, 0.2) is 11.2 Å². The lowest BCUT2D eigenvalue weighted by Crippen LogP contribution is -2.33. The molecule has 4 N–H and O–H groups in total. The van der Waals surface area contributed by atoms with E-state index < -0.39 is 37.5 Å². The summed E-state index contributed by atoms with van der Waals surface area (Å²) in [6, 6.07) is -0.595. The molecule has 0 saturated carbocycles. The summed E-state index contributed by atoms with van der Waals surface area (Å²) in [6.07, 6.45) is 1.19. The van der Waals surface area contributed by atoms with E-state index in [2.05, 4.69) is 20.0 Å². The van der Waals surface area contributed by atoms with Crippen molar-refractivity contribution in [1.82, 2.24) is 24.6 Å². The molecule has 0 bridgehead atoms. The maximum absolute atomic E-state index is 12.6. The third-order valence-corrected chi connectivity index (χ3v) is 6.85. The minimum Gasteiger partial charge on any atom is -0.476 e. The molecule has 14 heteroatoms. The largest absolute Gasteiger partial charge is 0.476 e. The van der Waals surface area contributed by atoms with Crippen LogP contribution in [0.25, 0.3) is 11.2 Å². The molecule has 2 aromatic rings. The number of aromatic nitrogens is 4. The molecule has 3 rings (SSSR count). The summed E-state index contributed by atoms with van der Waals surface area (Å²) in [5.74, 6) is -0.0492. The molecule has 0 radical (unpaired) electrons. The Morgan fingerprint density at radius 2 is 2.11 bits per heavy atom. The van der Waals surface area contributed by atoms with Crippen LogP contribution in [0.4, 0.5) is 5.95 Å². The molecule has 1 aliphatic heterocycles. The zero-order valence-electron chi connectivity index (χ0n) is 21.8. The van der Waals surface area contributed by atoms with Crippen LogP contribution in [-0.4, -0.2) is 62.3 Å². The van der Waals surface area contributed by atoms with Crippen molar-refractivity contribution in [3.63, 3.8) is 0 Å². The van der Waals surface area contributed by atoms with Crippen LogP contribution in [0.15, 0.2) is 6.33 Å². The Labute approximate surface area is 210 Å². The van der Waals surface area contributed by atoms with Crippen molar-refractivity contribution >= 4 is 30.8 Å². The Morgan fingerprint density at radius 3 is 2.75 bits per heavy atom. The molecule has 4 atom stereocenters. The summed E-state index contributed by atoms with van der Waals surface area (Å²) in [5.41, 5.74) is 5.77. The first kappa shape index (κ1) is 28.3. The average Bonchev–Trinajstić information content (AvgIpc) is 3.29. The maximum atomic E-state index is 12.6. The Bertz CT molecular complexity index is 1130. The first-order valence-corrected chi connectivity index (χ1v) is 13.4. The standard InChI is InChI=1S/C22H37N6O7P/c1-8-32-17-15-16(25-20(23)26-17)28(12-24-15)18-22(6,7)9-14(35-18)11-34-36(30,31)27-13(2)10-33-19(29)21(3,4)5/h12-14,18H,8-11H2,1-7H3,(H2,23,25,26)(H2,27,30,31)/t13-,14-,18+/m0/s1. The summed E-state index contributed by atoms with van der Waals surface area (Å²) in [7, 11) is -4.18. The van der Waals surface area contributed by atoms with Crippen molar-refractivity contribution in [3.05, 3.63) is 6.33 Å². The Kier molecular flexibility index (Phi) is 8.31. The second-order valence-corrected chi connectivity index (χ2v) is 12.2. The quantitative estimate of drug-likeness (QED) is 0.304. The molecule has 1 aliphatic rings. The van der Waals surface area contributed by atoms with Crippen LogP contribution in [-0.2, 0) is 23.4 Å². The van der Waals surface area contributed by atoms with Crippen LogP contribution < -0.4 is 15.6 Å². The number of fused-ring (bicyclic) bond motifs is 1. The summed E-state index contributed by atoms with van der Waals surface area (Å²) in [5, 5.41) is 2.49. The molecule has 2 aromatic heterocycles. The van der Waals surface area contributed by atoms with Crippen LogP contribution in [0.5, 0.6) is 5.88 Å². The monoisotopic (exact) mass is 528 g/mol.